The molecular formula is C29H44O4. The second-order valence-corrected chi connectivity index (χ2v) is 10.4. The molecule has 0 aromatic heterocycles. The van der Waals surface area contributed by atoms with Gasteiger partial charge in [0.2, 0.25) is 0 Å². The van der Waals surface area contributed by atoms with E-state index in [-0.39, 0.29) is 17.9 Å². The molecule has 3 rings (SSSR count). The predicted octanol–water partition coefficient (Wildman–Crippen LogP) is 7.88. The fourth-order valence-corrected chi connectivity index (χ4v) is 5.74. The molecule has 0 unspecified atom stereocenters. The molecule has 0 bridgehead atoms. The molecule has 4 nitrogen and oxygen atoms in total. The molecule has 2 fully saturated rings. The van der Waals surface area contributed by atoms with Gasteiger partial charge in [0.15, 0.2) is 0 Å². The molecule has 0 heterocycles. The van der Waals surface area contributed by atoms with Crippen molar-refractivity contribution in [3.63, 3.8) is 0 Å². The van der Waals surface area contributed by atoms with Gasteiger partial charge in [-0.15, -0.1) is 0 Å². The maximum atomic E-state index is 12.7. The van der Waals surface area contributed by atoms with Crippen LogP contribution in [0.2, 0.25) is 0 Å². The van der Waals surface area contributed by atoms with Gasteiger partial charge in [-0.1, -0.05) is 58.8 Å². The fraction of sp³-hybridized carbons (Fsp3) is 0.724. The molecule has 184 valence electrons. The van der Waals surface area contributed by atoms with Crippen LogP contribution >= 0.6 is 0 Å². The summed E-state index contributed by atoms with van der Waals surface area (Å²) in [5, 5.41) is 0. The summed E-state index contributed by atoms with van der Waals surface area (Å²) in [5.74, 6) is 3.35. The Kier molecular flexibility index (Phi) is 10.8. The van der Waals surface area contributed by atoms with Crippen molar-refractivity contribution in [2.75, 3.05) is 0 Å². The molecule has 4 heteroatoms. The van der Waals surface area contributed by atoms with Crippen molar-refractivity contribution in [1.82, 2.24) is 0 Å². The molecule has 2 aliphatic carbocycles. The van der Waals surface area contributed by atoms with Crippen molar-refractivity contribution in [3.05, 3.63) is 24.3 Å². The van der Waals surface area contributed by atoms with Crippen LogP contribution in [0.15, 0.2) is 24.3 Å². The topological polar surface area (TPSA) is 52.6 Å². The summed E-state index contributed by atoms with van der Waals surface area (Å²) in [6.07, 6.45) is 17.4. The highest BCUT2D eigenvalue weighted by Gasteiger charge is 2.33. The number of hydrogen-bond donors (Lipinski definition) is 0. The molecule has 0 saturated heterocycles. The average molecular weight is 457 g/mol. The van der Waals surface area contributed by atoms with Gasteiger partial charge in [0, 0.05) is 6.42 Å². The molecule has 33 heavy (non-hydrogen) atoms. The number of carbonyl (C=O) groups is 2. The Balaban J connectivity index is 1.36. The van der Waals surface area contributed by atoms with Crippen LogP contribution in [0.5, 0.6) is 11.5 Å². The zero-order valence-electron chi connectivity index (χ0n) is 20.9. The number of unbranched alkanes of at least 4 members (excludes halogenated alkanes) is 3. The van der Waals surface area contributed by atoms with Gasteiger partial charge in [-0.05, 0) is 87.0 Å². The predicted molar refractivity (Wildman–Crippen MR) is 132 cm³/mol. The molecule has 1 aromatic rings. The van der Waals surface area contributed by atoms with Gasteiger partial charge in [0.1, 0.15) is 11.5 Å². The van der Waals surface area contributed by atoms with E-state index in [1.54, 1.807) is 24.3 Å². The van der Waals surface area contributed by atoms with E-state index in [9.17, 15) is 9.59 Å². The molecular weight excluding hydrogens is 412 g/mol. The van der Waals surface area contributed by atoms with Crippen molar-refractivity contribution < 1.29 is 19.1 Å². The van der Waals surface area contributed by atoms with Crippen LogP contribution < -0.4 is 9.47 Å². The normalized spacial score (nSPS) is 25.4. The first-order chi connectivity index (χ1) is 16.1. The lowest BCUT2D eigenvalue weighted by atomic mass is 9.68. The molecule has 0 atom stereocenters. The number of ether oxygens (including phenoxy) is 2. The largest absolute Gasteiger partial charge is 0.427 e. The van der Waals surface area contributed by atoms with Gasteiger partial charge in [-0.2, -0.15) is 0 Å². The fourth-order valence-electron chi connectivity index (χ4n) is 5.74. The Bertz CT molecular complexity index is 710. The number of rotatable bonds is 11. The summed E-state index contributed by atoms with van der Waals surface area (Å²) in [6.45, 7) is 4.40. The Morgan fingerprint density at radius 2 is 1.27 bits per heavy atom. The van der Waals surface area contributed by atoms with E-state index in [1.807, 2.05) is 0 Å². The summed E-state index contributed by atoms with van der Waals surface area (Å²) in [4.78, 5) is 24.5. The second kappa shape index (κ2) is 13.8. The lowest BCUT2D eigenvalue weighted by Gasteiger charge is -2.37. The summed E-state index contributed by atoms with van der Waals surface area (Å²) < 4.78 is 11.0. The lowest BCUT2D eigenvalue weighted by Crippen LogP contribution is -2.30. The molecule has 0 radical (unpaired) electrons. The summed E-state index contributed by atoms with van der Waals surface area (Å²) in [6, 6.07) is 6.84. The molecule has 0 N–H and O–H groups in total. The molecule has 0 spiro atoms. The van der Waals surface area contributed by atoms with E-state index in [0.29, 0.717) is 17.9 Å². The van der Waals surface area contributed by atoms with E-state index >= 15 is 0 Å². The third-order valence-electron chi connectivity index (χ3n) is 7.89. The van der Waals surface area contributed by atoms with E-state index in [2.05, 4.69) is 13.8 Å². The van der Waals surface area contributed by atoms with Crippen LogP contribution in [0.3, 0.4) is 0 Å². The van der Waals surface area contributed by atoms with Gasteiger partial charge < -0.3 is 9.47 Å². The molecule has 0 aliphatic heterocycles. The molecule has 2 aliphatic rings. The van der Waals surface area contributed by atoms with Crippen molar-refractivity contribution in [1.29, 1.82) is 0 Å². The van der Waals surface area contributed by atoms with E-state index in [0.717, 1.165) is 62.7 Å². The van der Waals surface area contributed by atoms with Crippen LogP contribution in [0.25, 0.3) is 0 Å². The number of benzene rings is 1. The van der Waals surface area contributed by atoms with Crippen molar-refractivity contribution in [3.8, 4) is 11.5 Å². The second-order valence-electron chi connectivity index (χ2n) is 10.4. The molecule has 0 amide bonds. The first-order valence-corrected chi connectivity index (χ1v) is 13.6. The zero-order chi connectivity index (χ0) is 23.5. The number of esters is 2. The van der Waals surface area contributed by atoms with E-state index in [4.69, 9.17) is 9.47 Å². The van der Waals surface area contributed by atoms with Crippen molar-refractivity contribution in [2.45, 2.75) is 110 Å². The van der Waals surface area contributed by atoms with Gasteiger partial charge in [-0.25, -0.2) is 0 Å². The Hall–Kier alpha value is -1.84. The highest BCUT2D eigenvalue weighted by atomic mass is 16.5. The van der Waals surface area contributed by atoms with Crippen molar-refractivity contribution in [2.24, 2.45) is 23.7 Å². The Morgan fingerprint density at radius 3 is 1.85 bits per heavy atom. The number of hydrogen-bond acceptors (Lipinski definition) is 4. The maximum Gasteiger partial charge on any atom is 0.314 e. The SMILES string of the molecule is CCCCCC(=O)Oc1ccc(OC(=O)C2CCC(C3CCC(CCCC)CC3)CC2)cc1. The Labute approximate surface area is 200 Å². The monoisotopic (exact) mass is 456 g/mol. The first kappa shape index (κ1) is 25.8. The van der Waals surface area contributed by atoms with E-state index in [1.165, 1.54) is 44.9 Å². The lowest BCUT2D eigenvalue weighted by molar-refractivity contribution is -0.140. The van der Waals surface area contributed by atoms with Gasteiger partial charge in [-0.3, -0.25) is 9.59 Å². The summed E-state index contributed by atoms with van der Waals surface area (Å²) >= 11 is 0. The third-order valence-corrected chi connectivity index (χ3v) is 7.89. The van der Waals surface area contributed by atoms with Gasteiger partial charge in [0.25, 0.3) is 0 Å². The van der Waals surface area contributed by atoms with Crippen LogP contribution in [-0.2, 0) is 9.59 Å². The van der Waals surface area contributed by atoms with Crippen LogP contribution in [0.1, 0.15) is 110 Å². The minimum atomic E-state index is -0.209. The average Bonchev–Trinajstić information content (AvgIpc) is 2.84. The van der Waals surface area contributed by atoms with E-state index < -0.39 is 0 Å². The standard InChI is InChI=1S/C29H44O4/c1-3-5-7-9-28(30)32-26-18-20-27(21-19-26)33-29(31)25-16-14-24(15-17-25)23-12-10-22(11-13-23)8-6-4-2/h18-25H,3-17H2,1-2H3. The van der Waals surface area contributed by atoms with Crippen LogP contribution in [0, 0.1) is 23.7 Å². The zero-order valence-corrected chi connectivity index (χ0v) is 20.9. The van der Waals surface area contributed by atoms with Crippen LogP contribution in [-0.4, -0.2) is 11.9 Å². The van der Waals surface area contributed by atoms with Gasteiger partial charge in [0.05, 0.1) is 5.92 Å². The molecule has 2 saturated carbocycles. The minimum absolute atomic E-state index is 0.0122. The first-order valence-electron chi connectivity index (χ1n) is 13.6. The Morgan fingerprint density at radius 1 is 0.727 bits per heavy atom. The number of carbonyl (C=O) groups excluding carboxylic acids is 2. The molecule has 1 aromatic carbocycles. The summed E-state index contributed by atoms with van der Waals surface area (Å²) in [7, 11) is 0. The highest BCUT2D eigenvalue weighted by molar-refractivity contribution is 5.75. The van der Waals surface area contributed by atoms with Crippen molar-refractivity contribution >= 4 is 11.9 Å². The smallest absolute Gasteiger partial charge is 0.314 e. The minimum Gasteiger partial charge on any atom is -0.427 e. The maximum absolute atomic E-state index is 12.7. The highest BCUT2D eigenvalue weighted by Crippen LogP contribution is 2.42. The summed E-state index contributed by atoms with van der Waals surface area (Å²) in [5.41, 5.74) is 0. The quantitative estimate of drug-likeness (QED) is 0.193. The van der Waals surface area contributed by atoms with Crippen LogP contribution in [0.4, 0.5) is 0 Å². The van der Waals surface area contributed by atoms with Gasteiger partial charge >= 0.3 is 11.9 Å². The third kappa shape index (κ3) is 8.46.